The number of nitrogens with zero attached hydrogens (tertiary/aromatic N) is 2. The van der Waals surface area contributed by atoms with Crippen LogP contribution >= 0.6 is 0 Å². The lowest BCUT2D eigenvalue weighted by atomic mass is 10.1. The van der Waals surface area contributed by atoms with E-state index in [-0.39, 0.29) is 12.2 Å². The van der Waals surface area contributed by atoms with E-state index < -0.39 is 0 Å². The molecule has 2 atom stereocenters. The van der Waals surface area contributed by atoms with Crippen molar-refractivity contribution in [2.45, 2.75) is 25.0 Å². The second-order valence-electron chi connectivity index (χ2n) is 6.94. The number of epoxide rings is 2. The van der Waals surface area contributed by atoms with Crippen molar-refractivity contribution in [3.63, 3.8) is 0 Å². The molecule has 2 unspecified atom stereocenters. The minimum atomic E-state index is 0.277. The van der Waals surface area contributed by atoms with Crippen LogP contribution < -0.4 is 9.47 Å². The van der Waals surface area contributed by atoms with E-state index in [1.807, 2.05) is 42.5 Å². The van der Waals surface area contributed by atoms with Gasteiger partial charge in [-0.3, -0.25) is 0 Å². The predicted molar refractivity (Wildman–Crippen MR) is 102 cm³/mol. The molecule has 142 valence electrons. The largest absolute Gasteiger partial charge is 0.451 e. The van der Waals surface area contributed by atoms with Gasteiger partial charge < -0.3 is 18.9 Å². The normalized spacial score (nSPS) is 19.9. The Bertz CT molecular complexity index is 892. The molecule has 1 aromatic heterocycles. The summed E-state index contributed by atoms with van der Waals surface area (Å²) in [5, 5.41) is 8.12. The number of benzene rings is 2. The highest BCUT2D eigenvalue weighted by atomic mass is 16.6. The Kier molecular flexibility index (Phi) is 4.64. The summed E-state index contributed by atoms with van der Waals surface area (Å²) in [5.74, 6) is 2.37. The lowest BCUT2D eigenvalue weighted by Gasteiger charge is -2.14. The quantitative estimate of drug-likeness (QED) is 0.555. The lowest BCUT2D eigenvalue weighted by molar-refractivity contribution is 0.382. The topological polar surface area (TPSA) is 69.3 Å². The molecule has 0 bridgehead atoms. The highest BCUT2D eigenvalue weighted by molar-refractivity contribution is 5.44. The number of ether oxygens (including phenoxy) is 4. The van der Waals surface area contributed by atoms with Crippen LogP contribution in [0.5, 0.6) is 23.1 Å². The molecule has 0 spiro atoms. The van der Waals surface area contributed by atoms with Crippen LogP contribution in [0.15, 0.2) is 60.8 Å². The lowest BCUT2D eigenvalue weighted by Crippen LogP contribution is -2.01. The van der Waals surface area contributed by atoms with E-state index in [0.29, 0.717) is 11.6 Å². The van der Waals surface area contributed by atoms with Crippen LogP contribution in [0.3, 0.4) is 0 Å². The average molecular weight is 376 g/mol. The number of rotatable bonds is 8. The highest BCUT2D eigenvalue weighted by Crippen LogP contribution is 2.36. The van der Waals surface area contributed by atoms with Crippen molar-refractivity contribution in [3.8, 4) is 23.1 Å². The van der Waals surface area contributed by atoms with Gasteiger partial charge in [0.05, 0.1) is 31.6 Å². The number of hydrogen-bond acceptors (Lipinski definition) is 6. The zero-order valence-corrected chi connectivity index (χ0v) is 15.3. The van der Waals surface area contributed by atoms with Crippen LogP contribution in [-0.4, -0.2) is 35.6 Å². The summed E-state index contributed by atoms with van der Waals surface area (Å²) in [6, 6.07) is 17.6. The summed E-state index contributed by atoms with van der Waals surface area (Å²) in [4.78, 5) is 0. The van der Waals surface area contributed by atoms with E-state index in [0.717, 1.165) is 48.7 Å². The number of hydrogen-bond donors (Lipinski definition) is 0. The Morgan fingerprint density at radius 2 is 1.32 bits per heavy atom. The fourth-order valence-electron chi connectivity index (χ4n) is 3.08. The summed E-state index contributed by atoms with van der Waals surface area (Å²) in [6.07, 6.45) is 3.80. The number of para-hydroxylation sites is 2. The van der Waals surface area contributed by atoms with Crippen molar-refractivity contribution in [1.82, 2.24) is 10.2 Å². The molecule has 0 radical (unpaired) electrons. The smallest absolute Gasteiger partial charge is 0.282 e. The van der Waals surface area contributed by atoms with Crippen LogP contribution in [-0.2, 0) is 22.3 Å². The zero-order chi connectivity index (χ0) is 18.8. The summed E-state index contributed by atoms with van der Waals surface area (Å²) < 4.78 is 23.0. The third kappa shape index (κ3) is 4.13. The SMILES string of the molecule is c1ccc(Oc2ccnnc2Oc2ccccc2CC2CO2)c(CC2CO2)c1. The molecule has 2 aliphatic heterocycles. The molecule has 6 nitrogen and oxygen atoms in total. The summed E-state index contributed by atoms with van der Waals surface area (Å²) >= 11 is 0. The first-order valence-corrected chi connectivity index (χ1v) is 9.41. The second kappa shape index (κ2) is 7.58. The molecule has 2 fully saturated rings. The van der Waals surface area contributed by atoms with E-state index in [9.17, 15) is 0 Å². The van der Waals surface area contributed by atoms with Crippen molar-refractivity contribution in [1.29, 1.82) is 0 Å². The molecule has 2 aliphatic rings. The van der Waals surface area contributed by atoms with Crippen LogP contribution in [0.1, 0.15) is 11.1 Å². The maximum atomic E-state index is 6.17. The third-order valence-corrected chi connectivity index (χ3v) is 4.72. The molecule has 5 rings (SSSR count). The first-order valence-electron chi connectivity index (χ1n) is 9.41. The summed E-state index contributed by atoms with van der Waals surface area (Å²) in [5.41, 5.74) is 2.17. The predicted octanol–water partition coefficient (Wildman–Crippen LogP) is 3.94. The summed E-state index contributed by atoms with van der Waals surface area (Å²) in [6.45, 7) is 1.61. The average Bonchev–Trinajstić information content (AvgIpc) is 3.63. The molecule has 0 amide bonds. The molecular weight excluding hydrogens is 356 g/mol. The summed E-state index contributed by atoms with van der Waals surface area (Å²) in [7, 11) is 0. The van der Waals surface area contributed by atoms with Gasteiger partial charge in [-0.2, -0.15) is 5.10 Å². The van der Waals surface area contributed by atoms with Crippen molar-refractivity contribution >= 4 is 0 Å². The molecule has 0 N–H and O–H groups in total. The standard InChI is InChI=1S/C22H20N2O4/c1-3-7-19(15(5-1)11-17-13-25-17)27-21-9-10-23-24-22(21)28-20-8-4-2-6-16(20)12-18-14-26-18/h1-10,17-18H,11-14H2. The third-order valence-electron chi connectivity index (χ3n) is 4.72. The van der Waals surface area contributed by atoms with Crippen molar-refractivity contribution < 1.29 is 18.9 Å². The van der Waals surface area contributed by atoms with Gasteiger partial charge in [0.25, 0.3) is 5.88 Å². The van der Waals surface area contributed by atoms with Gasteiger partial charge in [0.15, 0.2) is 5.75 Å². The van der Waals surface area contributed by atoms with Gasteiger partial charge in [-0.25, -0.2) is 0 Å². The Labute approximate surface area is 163 Å². The van der Waals surface area contributed by atoms with Gasteiger partial charge in [-0.05, 0) is 23.3 Å². The van der Waals surface area contributed by atoms with Crippen LogP contribution in [0.25, 0.3) is 0 Å². The zero-order valence-electron chi connectivity index (χ0n) is 15.3. The van der Waals surface area contributed by atoms with Crippen molar-refractivity contribution in [2.75, 3.05) is 13.2 Å². The van der Waals surface area contributed by atoms with Crippen LogP contribution in [0, 0.1) is 0 Å². The molecule has 3 heterocycles. The van der Waals surface area contributed by atoms with Gasteiger partial charge in [0.2, 0.25) is 0 Å². The van der Waals surface area contributed by atoms with Crippen molar-refractivity contribution in [2.24, 2.45) is 0 Å². The second-order valence-corrected chi connectivity index (χ2v) is 6.94. The maximum absolute atomic E-state index is 6.17. The van der Waals surface area contributed by atoms with Gasteiger partial charge in [-0.1, -0.05) is 36.4 Å². The molecule has 6 heteroatoms. The van der Waals surface area contributed by atoms with E-state index in [4.69, 9.17) is 18.9 Å². The van der Waals surface area contributed by atoms with Gasteiger partial charge >= 0.3 is 0 Å². The Balaban J connectivity index is 1.39. The molecule has 0 aliphatic carbocycles. The molecule has 2 aromatic carbocycles. The minimum Gasteiger partial charge on any atom is -0.451 e. The van der Waals surface area contributed by atoms with Crippen molar-refractivity contribution in [3.05, 3.63) is 71.9 Å². The van der Waals surface area contributed by atoms with Crippen LogP contribution in [0.2, 0.25) is 0 Å². The van der Waals surface area contributed by atoms with E-state index in [1.165, 1.54) is 0 Å². The molecule has 3 aromatic rings. The minimum absolute atomic E-state index is 0.277. The van der Waals surface area contributed by atoms with E-state index in [1.54, 1.807) is 12.3 Å². The van der Waals surface area contributed by atoms with E-state index >= 15 is 0 Å². The Hall–Kier alpha value is -2.96. The first-order chi connectivity index (χ1) is 13.8. The Morgan fingerprint density at radius 1 is 0.750 bits per heavy atom. The highest BCUT2D eigenvalue weighted by Gasteiger charge is 2.26. The fourth-order valence-corrected chi connectivity index (χ4v) is 3.08. The monoisotopic (exact) mass is 376 g/mol. The fraction of sp³-hybridized carbons (Fsp3) is 0.273. The van der Waals surface area contributed by atoms with E-state index in [2.05, 4.69) is 16.3 Å². The van der Waals surface area contributed by atoms with Gasteiger partial charge in [0.1, 0.15) is 11.5 Å². The molecule has 0 saturated carbocycles. The van der Waals surface area contributed by atoms with Gasteiger partial charge in [0, 0.05) is 18.9 Å². The van der Waals surface area contributed by atoms with Gasteiger partial charge in [-0.15, -0.1) is 5.10 Å². The molecular formula is C22H20N2O4. The molecule has 2 saturated heterocycles. The maximum Gasteiger partial charge on any atom is 0.282 e. The first kappa shape index (κ1) is 17.2. The number of aromatic nitrogens is 2. The van der Waals surface area contributed by atoms with Crippen LogP contribution in [0.4, 0.5) is 0 Å². The Morgan fingerprint density at radius 3 is 1.93 bits per heavy atom. The molecule has 28 heavy (non-hydrogen) atoms.